The lowest BCUT2D eigenvalue weighted by Gasteiger charge is -2.19. The fourth-order valence-corrected chi connectivity index (χ4v) is 2.36. The molecule has 1 saturated carbocycles. The first-order valence-corrected chi connectivity index (χ1v) is 7.32. The Morgan fingerprint density at radius 3 is 2.70 bits per heavy atom. The Bertz CT molecular complexity index is 435. The van der Waals surface area contributed by atoms with E-state index in [0.717, 1.165) is 6.42 Å². The molecule has 110 valence electrons. The van der Waals surface area contributed by atoms with Crippen molar-refractivity contribution < 1.29 is 9.90 Å². The van der Waals surface area contributed by atoms with E-state index in [9.17, 15) is 4.79 Å². The third-order valence-corrected chi connectivity index (χ3v) is 4.18. The molecule has 1 aromatic carbocycles. The number of urea groups is 1. The van der Waals surface area contributed by atoms with Gasteiger partial charge in [-0.15, -0.1) is 0 Å². The number of hydrogen-bond donors (Lipinski definition) is 3. The molecule has 1 fully saturated rings. The summed E-state index contributed by atoms with van der Waals surface area (Å²) in [5.41, 5.74) is 1.36. The van der Waals surface area contributed by atoms with Crippen LogP contribution in [0.15, 0.2) is 30.3 Å². The Morgan fingerprint density at radius 1 is 1.35 bits per heavy atom. The highest BCUT2D eigenvalue weighted by Crippen LogP contribution is 2.46. The van der Waals surface area contributed by atoms with E-state index in [0.29, 0.717) is 18.4 Å². The van der Waals surface area contributed by atoms with E-state index >= 15 is 0 Å². The lowest BCUT2D eigenvalue weighted by Crippen LogP contribution is -2.44. The molecule has 0 radical (unpaired) electrons. The maximum atomic E-state index is 11.7. The molecule has 1 aliphatic carbocycles. The molecule has 0 aliphatic heterocycles. The fraction of sp³-hybridized carbons (Fsp3) is 0.562. The topological polar surface area (TPSA) is 61.4 Å². The molecule has 4 atom stereocenters. The van der Waals surface area contributed by atoms with E-state index in [4.69, 9.17) is 5.11 Å². The Kier molecular flexibility index (Phi) is 5.01. The van der Waals surface area contributed by atoms with Crippen LogP contribution in [-0.4, -0.2) is 30.3 Å². The molecule has 3 N–H and O–H groups in total. The summed E-state index contributed by atoms with van der Waals surface area (Å²) < 4.78 is 0. The highest BCUT2D eigenvalue weighted by atomic mass is 16.3. The maximum absolute atomic E-state index is 11.7. The van der Waals surface area contributed by atoms with Crippen molar-refractivity contribution in [2.75, 3.05) is 13.2 Å². The summed E-state index contributed by atoms with van der Waals surface area (Å²) in [5.74, 6) is 1.21. The van der Waals surface area contributed by atoms with E-state index in [-0.39, 0.29) is 24.6 Å². The Labute approximate surface area is 120 Å². The minimum Gasteiger partial charge on any atom is -0.396 e. The van der Waals surface area contributed by atoms with E-state index in [1.165, 1.54) is 5.56 Å². The molecule has 0 heterocycles. The standard InChI is InChI=1S/C16H24N2O2/c1-11(10-19)12(2)18-16(20)17-9-14-8-15(14)13-6-4-3-5-7-13/h3-7,11-12,14-15,19H,8-10H2,1-2H3,(H2,17,18,20). The summed E-state index contributed by atoms with van der Waals surface area (Å²) in [7, 11) is 0. The van der Waals surface area contributed by atoms with Gasteiger partial charge in [-0.25, -0.2) is 4.79 Å². The summed E-state index contributed by atoms with van der Waals surface area (Å²) in [6.45, 7) is 4.62. The van der Waals surface area contributed by atoms with Gasteiger partial charge in [0.1, 0.15) is 0 Å². The molecular weight excluding hydrogens is 252 g/mol. The van der Waals surface area contributed by atoms with Crippen molar-refractivity contribution in [2.45, 2.75) is 32.2 Å². The summed E-state index contributed by atoms with van der Waals surface area (Å²) in [4.78, 5) is 11.7. The van der Waals surface area contributed by atoms with Crippen LogP contribution in [0.1, 0.15) is 31.7 Å². The third kappa shape index (κ3) is 3.97. The Balaban J connectivity index is 1.68. The van der Waals surface area contributed by atoms with Crippen LogP contribution < -0.4 is 10.6 Å². The van der Waals surface area contributed by atoms with Crippen LogP contribution in [0, 0.1) is 11.8 Å². The largest absolute Gasteiger partial charge is 0.396 e. The number of aliphatic hydroxyl groups is 1. The van der Waals surface area contributed by atoms with Crippen molar-refractivity contribution in [1.82, 2.24) is 10.6 Å². The number of carbonyl (C=O) groups is 1. The van der Waals surface area contributed by atoms with Gasteiger partial charge in [0.2, 0.25) is 0 Å². The molecule has 0 aromatic heterocycles. The maximum Gasteiger partial charge on any atom is 0.315 e. The number of hydrogen-bond acceptors (Lipinski definition) is 2. The average Bonchev–Trinajstić information content (AvgIpc) is 3.24. The quantitative estimate of drug-likeness (QED) is 0.745. The molecule has 0 saturated heterocycles. The van der Waals surface area contributed by atoms with Gasteiger partial charge in [-0.05, 0) is 36.7 Å². The van der Waals surface area contributed by atoms with Gasteiger partial charge in [-0.1, -0.05) is 37.3 Å². The summed E-state index contributed by atoms with van der Waals surface area (Å²) in [6.07, 6.45) is 1.15. The van der Waals surface area contributed by atoms with Gasteiger partial charge in [-0.3, -0.25) is 0 Å². The van der Waals surface area contributed by atoms with Gasteiger partial charge in [0.15, 0.2) is 0 Å². The van der Waals surface area contributed by atoms with Gasteiger partial charge in [0.05, 0.1) is 0 Å². The van der Waals surface area contributed by atoms with Crippen LogP contribution in [0.5, 0.6) is 0 Å². The zero-order valence-electron chi connectivity index (χ0n) is 12.2. The zero-order valence-corrected chi connectivity index (χ0v) is 12.2. The number of amides is 2. The molecule has 1 aromatic rings. The first kappa shape index (κ1) is 14.9. The van der Waals surface area contributed by atoms with Crippen molar-refractivity contribution in [3.05, 3.63) is 35.9 Å². The van der Waals surface area contributed by atoms with Gasteiger partial charge < -0.3 is 15.7 Å². The summed E-state index contributed by atoms with van der Waals surface area (Å²) in [6, 6.07) is 10.3. The van der Waals surface area contributed by atoms with Crippen LogP contribution in [0.4, 0.5) is 4.79 Å². The molecule has 0 spiro atoms. The van der Waals surface area contributed by atoms with Gasteiger partial charge in [-0.2, -0.15) is 0 Å². The van der Waals surface area contributed by atoms with E-state index in [1.807, 2.05) is 19.9 Å². The van der Waals surface area contributed by atoms with Crippen LogP contribution >= 0.6 is 0 Å². The average molecular weight is 276 g/mol. The minimum atomic E-state index is -0.142. The number of benzene rings is 1. The van der Waals surface area contributed by atoms with Gasteiger partial charge >= 0.3 is 6.03 Å². The predicted octanol–water partition coefficient (Wildman–Crippen LogP) is 2.11. The monoisotopic (exact) mass is 276 g/mol. The first-order chi connectivity index (χ1) is 9.61. The van der Waals surface area contributed by atoms with Crippen LogP contribution in [-0.2, 0) is 0 Å². The third-order valence-electron chi connectivity index (χ3n) is 4.18. The molecule has 0 bridgehead atoms. The number of aliphatic hydroxyl groups excluding tert-OH is 1. The van der Waals surface area contributed by atoms with Crippen molar-refractivity contribution in [3.63, 3.8) is 0 Å². The number of carbonyl (C=O) groups excluding carboxylic acids is 1. The molecule has 4 unspecified atom stereocenters. The lowest BCUT2D eigenvalue weighted by molar-refractivity contribution is 0.200. The second-order valence-corrected chi connectivity index (χ2v) is 5.82. The molecular formula is C16H24N2O2. The number of rotatable bonds is 6. The highest BCUT2D eigenvalue weighted by Gasteiger charge is 2.38. The van der Waals surface area contributed by atoms with Crippen LogP contribution in [0.3, 0.4) is 0 Å². The molecule has 4 heteroatoms. The number of nitrogens with one attached hydrogen (secondary N) is 2. The van der Waals surface area contributed by atoms with Crippen molar-refractivity contribution in [3.8, 4) is 0 Å². The van der Waals surface area contributed by atoms with Crippen molar-refractivity contribution >= 4 is 6.03 Å². The second-order valence-electron chi connectivity index (χ2n) is 5.82. The van der Waals surface area contributed by atoms with E-state index < -0.39 is 0 Å². The molecule has 1 aliphatic rings. The normalized spacial score (nSPS) is 23.8. The highest BCUT2D eigenvalue weighted by molar-refractivity contribution is 5.74. The smallest absolute Gasteiger partial charge is 0.315 e. The molecule has 20 heavy (non-hydrogen) atoms. The van der Waals surface area contributed by atoms with Gasteiger partial charge in [0, 0.05) is 19.2 Å². The molecule has 2 rings (SSSR count). The summed E-state index contributed by atoms with van der Waals surface area (Å²) >= 11 is 0. The molecule has 2 amide bonds. The Morgan fingerprint density at radius 2 is 2.05 bits per heavy atom. The van der Waals surface area contributed by atoms with Crippen molar-refractivity contribution in [1.29, 1.82) is 0 Å². The summed E-state index contributed by atoms with van der Waals surface area (Å²) in [5, 5.41) is 14.8. The Hall–Kier alpha value is -1.55. The molecule has 4 nitrogen and oxygen atoms in total. The van der Waals surface area contributed by atoms with Crippen LogP contribution in [0.25, 0.3) is 0 Å². The lowest BCUT2D eigenvalue weighted by atomic mass is 10.1. The van der Waals surface area contributed by atoms with E-state index in [2.05, 4.69) is 34.9 Å². The second kappa shape index (κ2) is 6.75. The minimum absolute atomic E-state index is 0.0240. The zero-order chi connectivity index (χ0) is 14.5. The van der Waals surface area contributed by atoms with Crippen molar-refractivity contribution in [2.24, 2.45) is 11.8 Å². The van der Waals surface area contributed by atoms with Gasteiger partial charge in [0.25, 0.3) is 0 Å². The predicted molar refractivity (Wildman–Crippen MR) is 79.5 cm³/mol. The fourth-order valence-electron chi connectivity index (χ4n) is 2.36. The first-order valence-electron chi connectivity index (χ1n) is 7.32. The van der Waals surface area contributed by atoms with Crippen LogP contribution in [0.2, 0.25) is 0 Å². The van der Waals surface area contributed by atoms with E-state index in [1.54, 1.807) is 0 Å². The SMILES string of the molecule is CC(CO)C(C)NC(=O)NCC1CC1c1ccccc1.